The summed E-state index contributed by atoms with van der Waals surface area (Å²) in [5.41, 5.74) is 0.427. The van der Waals surface area contributed by atoms with Crippen LogP contribution >= 0.6 is 0 Å². The predicted molar refractivity (Wildman–Crippen MR) is 115 cm³/mol. The molecule has 1 saturated carbocycles. The van der Waals surface area contributed by atoms with Gasteiger partial charge in [-0.25, -0.2) is 0 Å². The van der Waals surface area contributed by atoms with Crippen molar-refractivity contribution in [3.05, 3.63) is 23.8 Å². The Kier molecular flexibility index (Phi) is 8.78. The topological polar surface area (TPSA) is 80.3 Å². The van der Waals surface area contributed by atoms with E-state index in [0.717, 1.165) is 32.0 Å². The molecule has 1 amide bonds. The molecule has 1 aliphatic carbocycles. The predicted octanol–water partition coefficient (Wildman–Crippen LogP) is 2.61. The maximum absolute atomic E-state index is 12.8. The molecule has 1 saturated heterocycles. The number of aliphatic hydroxyl groups is 1. The summed E-state index contributed by atoms with van der Waals surface area (Å²) in [5, 5.41) is 12.7. The van der Waals surface area contributed by atoms with Crippen LogP contribution in [0.5, 0.6) is 11.5 Å². The fraction of sp³-hybridized carbons (Fsp3) is 0.696. The summed E-state index contributed by atoms with van der Waals surface area (Å²) < 4.78 is 16.7. The van der Waals surface area contributed by atoms with Gasteiger partial charge in [-0.15, -0.1) is 0 Å². The van der Waals surface area contributed by atoms with Gasteiger partial charge in [-0.3, -0.25) is 4.79 Å². The Bertz CT molecular complexity index is 670. The van der Waals surface area contributed by atoms with E-state index in [-0.39, 0.29) is 25.2 Å². The summed E-state index contributed by atoms with van der Waals surface area (Å²) >= 11 is 0. The maximum Gasteiger partial charge on any atom is 0.255 e. The first-order valence-electron chi connectivity index (χ1n) is 11.2. The Morgan fingerprint density at radius 2 is 1.97 bits per heavy atom. The lowest BCUT2D eigenvalue weighted by Gasteiger charge is -2.36. The molecule has 0 aromatic heterocycles. The zero-order valence-electron chi connectivity index (χ0n) is 18.3. The Balaban J connectivity index is 1.58. The maximum atomic E-state index is 12.8. The van der Waals surface area contributed by atoms with Crippen molar-refractivity contribution in [3.63, 3.8) is 0 Å². The minimum atomic E-state index is -0.746. The Morgan fingerprint density at radius 1 is 1.23 bits per heavy atom. The molecule has 1 aliphatic heterocycles. The van der Waals surface area contributed by atoms with Gasteiger partial charge in [0.25, 0.3) is 5.91 Å². The highest BCUT2D eigenvalue weighted by atomic mass is 16.5. The van der Waals surface area contributed by atoms with Gasteiger partial charge in [0.15, 0.2) is 0 Å². The molecule has 2 fully saturated rings. The third kappa shape index (κ3) is 6.33. The smallest absolute Gasteiger partial charge is 0.255 e. The van der Waals surface area contributed by atoms with Crippen molar-refractivity contribution in [1.29, 1.82) is 0 Å². The van der Waals surface area contributed by atoms with E-state index in [0.29, 0.717) is 23.7 Å². The summed E-state index contributed by atoms with van der Waals surface area (Å²) in [5.74, 6) is 0.869. The van der Waals surface area contributed by atoms with Crippen LogP contribution in [0.4, 0.5) is 0 Å². The number of methoxy groups -OCH3 is 1. The molecule has 3 rings (SSSR count). The van der Waals surface area contributed by atoms with Gasteiger partial charge in [-0.2, -0.15) is 0 Å². The molecule has 2 N–H and O–H groups in total. The van der Waals surface area contributed by atoms with Gasteiger partial charge in [0.1, 0.15) is 17.6 Å². The number of nitrogens with zero attached hydrogens (tertiary/aromatic N) is 1. The SMILES string of the molecule is CCOC[C@@H](O)CNC(=O)c1cc(OC)ccc1OC1CCN(C2CCCC2)CC1. The average Bonchev–Trinajstić information content (AvgIpc) is 3.31. The van der Waals surface area contributed by atoms with Crippen LogP contribution in [-0.2, 0) is 4.74 Å². The number of ether oxygens (including phenoxy) is 3. The zero-order chi connectivity index (χ0) is 21.3. The highest BCUT2D eigenvalue weighted by Gasteiger charge is 2.28. The van der Waals surface area contributed by atoms with Crippen molar-refractivity contribution in [1.82, 2.24) is 10.2 Å². The van der Waals surface area contributed by atoms with Crippen LogP contribution in [0.25, 0.3) is 0 Å². The second-order valence-electron chi connectivity index (χ2n) is 8.18. The van der Waals surface area contributed by atoms with Crippen LogP contribution in [0.3, 0.4) is 0 Å². The number of carbonyl (C=O) groups is 1. The number of likely N-dealkylation sites (tertiary alicyclic amines) is 1. The lowest BCUT2D eigenvalue weighted by atomic mass is 10.0. The van der Waals surface area contributed by atoms with E-state index in [4.69, 9.17) is 14.2 Å². The number of aliphatic hydroxyl groups excluding tert-OH is 1. The highest BCUT2D eigenvalue weighted by Crippen LogP contribution is 2.30. The van der Waals surface area contributed by atoms with E-state index < -0.39 is 6.10 Å². The van der Waals surface area contributed by atoms with Crippen molar-refractivity contribution < 1.29 is 24.1 Å². The third-order valence-electron chi connectivity index (χ3n) is 6.06. The first-order chi connectivity index (χ1) is 14.6. The summed E-state index contributed by atoms with van der Waals surface area (Å²) in [6.07, 6.45) is 6.64. The van der Waals surface area contributed by atoms with Crippen LogP contribution in [-0.4, -0.2) is 74.1 Å². The molecule has 1 aromatic carbocycles. The molecule has 0 radical (unpaired) electrons. The first-order valence-corrected chi connectivity index (χ1v) is 11.2. The summed E-state index contributed by atoms with van der Waals surface area (Å²) in [4.78, 5) is 15.4. The molecular formula is C23H36N2O5. The first kappa shape index (κ1) is 22.8. The largest absolute Gasteiger partial charge is 0.497 e. The average molecular weight is 421 g/mol. The Morgan fingerprint density at radius 3 is 2.63 bits per heavy atom. The molecule has 7 heteroatoms. The molecule has 30 heavy (non-hydrogen) atoms. The van der Waals surface area contributed by atoms with Gasteiger partial charge in [0.2, 0.25) is 0 Å². The van der Waals surface area contributed by atoms with Gasteiger partial charge >= 0.3 is 0 Å². The molecule has 0 bridgehead atoms. The monoisotopic (exact) mass is 420 g/mol. The van der Waals surface area contributed by atoms with Crippen molar-refractivity contribution >= 4 is 5.91 Å². The number of piperidine rings is 1. The number of rotatable bonds is 10. The molecule has 0 unspecified atom stereocenters. The second-order valence-corrected chi connectivity index (χ2v) is 8.18. The zero-order valence-corrected chi connectivity index (χ0v) is 18.3. The van der Waals surface area contributed by atoms with E-state index in [9.17, 15) is 9.90 Å². The van der Waals surface area contributed by atoms with Crippen LogP contribution in [0, 0.1) is 0 Å². The molecule has 7 nitrogen and oxygen atoms in total. The van der Waals surface area contributed by atoms with Gasteiger partial charge in [-0.05, 0) is 50.8 Å². The number of nitrogens with one attached hydrogen (secondary N) is 1. The van der Waals surface area contributed by atoms with E-state index in [1.54, 1.807) is 19.2 Å². The van der Waals surface area contributed by atoms with Gasteiger partial charge in [-0.1, -0.05) is 12.8 Å². The van der Waals surface area contributed by atoms with Gasteiger partial charge < -0.3 is 29.5 Å². The van der Waals surface area contributed by atoms with Crippen LogP contribution in [0.2, 0.25) is 0 Å². The Hall–Kier alpha value is -1.83. The van der Waals surface area contributed by atoms with Crippen molar-refractivity contribution in [2.45, 2.75) is 63.7 Å². The number of carbonyl (C=O) groups excluding carboxylic acids is 1. The van der Waals surface area contributed by atoms with E-state index in [1.165, 1.54) is 25.7 Å². The number of hydrogen-bond donors (Lipinski definition) is 2. The fourth-order valence-corrected chi connectivity index (χ4v) is 4.34. The molecule has 0 spiro atoms. The standard InChI is InChI=1S/C23H36N2O5/c1-3-29-16-18(26)15-24-23(27)21-14-20(28-2)8-9-22(21)30-19-10-12-25(13-11-19)17-6-4-5-7-17/h8-9,14,17-19,26H,3-7,10-13,15-16H2,1-2H3,(H,24,27)/t18-/m0/s1. The van der Waals surface area contributed by atoms with Crippen molar-refractivity contribution in [3.8, 4) is 11.5 Å². The molecule has 1 heterocycles. The van der Waals surface area contributed by atoms with Crippen LogP contribution in [0.1, 0.15) is 55.8 Å². The minimum absolute atomic E-state index is 0.103. The number of amides is 1. The summed E-state index contributed by atoms with van der Waals surface area (Å²) in [6, 6.07) is 6.04. The van der Waals surface area contributed by atoms with Crippen LogP contribution in [0.15, 0.2) is 18.2 Å². The minimum Gasteiger partial charge on any atom is -0.497 e. The van der Waals surface area contributed by atoms with Crippen molar-refractivity contribution in [2.24, 2.45) is 0 Å². The van der Waals surface area contributed by atoms with E-state index >= 15 is 0 Å². The van der Waals surface area contributed by atoms with E-state index in [2.05, 4.69) is 10.2 Å². The van der Waals surface area contributed by atoms with Crippen molar-refractivity contribution in [2.75, 3.05) is 40.0 Å². The lowest BCUT2D eigenvalue weighted by molar-refractivity contribution is 0.0417. The molecule has 1 atom stereocenters. The molecule has 2 aliphatic rings. The second kappa shape index (κ2) is 11.5. The van der Waals surface area contributed by atoms with Gasteiger partial charge in [0.05, 0.1) is 25.4 Å². The third-order valence-corrected chi connectivity index (χ3v) is 6.06. The highest BCUT2D eigenvalue weighted by molar-refractivity contribution is 5.97. The molecule has 1 aromatic rings. The summed E-state index contributed by atoms with van der Waals surface area (Å²) in [7, 11) is 1.57. The Labute approximate surface area is 179 Å². The summed E-state index contributed by atoms with van der Waals surface area (Å²) in [6.45, 7) is 4.81. The van der Waals surface area contributed by atoms with Gasteiger partial charge in [0, 0.05) is 32.3 Å². The number of hydrogen-bond acceptors (Lipinski definition) is 6. The normalized spacial score (nSPS) is 19.6. The van der Waals surface area contributed by atoms with Crippen LogP contribution < -0.4 is 14.8 Å². The molecule has 168 valence electrons. The lowest BCUT2D eigenvalue weighted by Crippen LogP contribution is -2.43. The quantitative estimate of drug-likeness (QED) is 0.606. The molecular weight excluding hydrogens is 384 g/mol. The van der Waals surface area contributed by atoms with E-state index in [1.807, 2.05) is 13.0 Å². The fourth-order valence-electron chi connectivity index (χ4n) is 4.34. The number of benzene rings is 1.